The first-order chi connectivity index (χ1) is 12.3. The first kappa shape index (κ1) is 17.4. The molecule has 1 aromatic heterocycles. The van der Waals surface area contributed by atoms with E-state index >= 15 is 0 Å². The van der Waals surface area contributed by atoms with Crippen LogP contribution >= 0.6 is 34.2 Å². The van der Waals surface area contributed by atoms with Crippen LogP contribution in [0.4, 0.5) is 0 Å². The Morgan fingerprint density at radius 1 is 1.23 bits per heavy atom. The third kappa shape index (κ3) is 2.51. The lowest BCUT2D eigenvalue weighted by atomic mass is 9.87. The van der Waals surface area contributed by atoms with Gasteiger partial charge in [-0.05, 0) is 54.6 Å². The zero-order valence-corrected chi connectivity index (χ0v) is 16.8. The maximum atomic E-state index is 11.6. The summed E-state index contributed by atoms with van der Waals surface area (Å²) in [7, 11) is 0. The predicted octanol–water partition coefficient (Wildman–Crippen LogP) is 5.33. The van der Waals surface area contributed by atoms with Crippen molar-refractivity contribution in [3.05, 3.63) is 56.2 Å². The number of halogens is 2. The lowest BCUT2D eigenvalue weighted by molar-refractivity contribution is 0.0665. The highest BCUT2D eigenvalue weighted by Crippen LogP contribution is 2.51. The number of carboxylic acids is 1. The van der Waals surface area contributed by atoms with E-state index in [0.29, 0.717) is 22.0 Å². The van der Waals surface area contributed by atoms with Crippen molar-refractivity contribution in [1.29, 1.82) is 0 Å². The summed E-state index contributed by atoms with van der Waals surface area (Å²) in [4.78, 5) is 11.6. The van der Waals surface area contributed by atoms with Crippen molar-refractivity contribution >= 4 is 40.2 Å². The maximum absolute atomic E-state index is 11.6. The lowest BCUT2D eigenvalue weighted by Gasteiger charge is -2.34. The molecular weight excluding hydrogens is 467 g/mol. The molecule has 0 unspecified atom stereocenters. The summed E-state index contributed by atoms with van der Waals surface area (Å²) >= 11 is 8.68. The van der Waals surface area contributed by atoms with Gasteiger partial charge < -0.3 is 9.84 Å². The quantitative estimate of drug-likeness (QED) is 0.486. The van der Waals surface area contributed by atoms with Crippen LogP contribution in [0, 0.1) is 3.57 Å². The van der Waals surface area contributed by atoms with Gasteiger partial charge >= 0.3 is 5.97 Å². The molecule has 0 atom stereocenters. The van der Waals surface area contributed by atoms with Gasteiger partial charge in [0.25, 0.3) is 0 Å². The second-order valence-corrected chi connectivity index (χ2v) is 8.09. The normalized spacial score (nSPS) is 14.3. The van der Waals surface area contributed by atoms with Crippen LogP contribution < -0.4 is 4.74 Å². The van der Waals surface area contributed by atoms with Crippen molar-refractivity contribution < 1.29 is 14.6 Å². The molecule has 2 aromatic carbocycles. The summed E-state index contributed by atoms with van der Waals surface area (Å²) in [6.07, 6.45) is 0. The molecule has 26 heavy (non-hydrogen) atoms. The number of aromatic nitrogens is 2. The number of aromatic carboxylic acids is 1. The first-order valence-corrected chi connectivity index (χ1v) is 9.36. The van der Waals surface area contributed by atoms with E-state index < -0.39 is 11.6 Å². The number of ether oxygens (including phenoxy) is 1. The van der Waals surface area contributed by atoms with Gasteiger partial charge in [-0.25, -0.2) is 4.79 Å². The number of nitrogens with zero attached hydrogens (tertiary/aromatic N) is 1. The van der Waals surface area contributed by atoms with Crippen LogP contribution in [0.1, 0.15) is 29.9 Å². The summed E-state index contributed by atoms with van der Waals surface area (Å²) in [6, 6.07) is 11.4. The van der Waals surface area contributed by atoms with E-state index in [4.69, 9.17) is 16.3 Å². The highest BCUT2D eigenvalue weighted by molar-refractivity contribution is 14.1. The molecule has 3 aromatic rings. The molecule has 0 radical (unpaired) electrons. The van der Waals surface area contributed by atoms with Crippen LogP contribution in [-0.4, -0.2) is 21.3 Å². The molecule has 2 heterocycles. The van der Waals surface area contributed by atoms with Crippen molar-refractivity contribution in [3.8, 4) is 28.1 Å². The Labute approximate surface area is 168 Å². The molecule has 0 saturated heterocycles. The van der Waals surface area contributed by atoms with Crippen LogP contribution in [0.5, 0.6) is 5.75 Å². The van der Waals surface area contributed by atoms with Crippen molar-refractivity contribution in [3.63, 3.8) is 0 Å². The number of rotatable bonds is 2. The molecule has 2 N–H and O–H groups in total. The highest BCUT2D eigenvalue weighted by atomic mass is 127. The molecule has 0 spiro atoms. The SMILES string of the molecule is CC1(C)Oc2c(ccc(I)c2-c2ccccc2Cl)-c2n[nH]c(C(=O)O)c21. The fraction of sp³-hybridized carbons (Fsp3) is 0.158. The number of hydrogen-bond acceptors (Lipinski definition) is 3. The predicted molar refractivity (Wildman–Crippen MR) is 108 cm³/mol. The Balaban J connectivity index is 2.06. The van der Waals surface area contributed by atoms with E-state index in [9.17, 15) is 9.90 Å². The van der Waals surface area contributed by atoms with Gasteiger partial charge in [0, 0.05) is 25.3 Å². The molecule has 0 bridgehead atoms. The lowest BCUT2D eigenvalue weighted by Crippen LogP contribution is -2.31. The third-order valence-corrected chi connectivity index (χ3v) is 5.67. The molecule has 5 nitrogen and oxygen atoms in total. The van der Waals surface area contributed by atoms with Crippen LogP contribution in [0.15, 0.2) is 36.4 Å². The van der Waals surface area contributed by atoms with Gasteiger partial charge in [0.2, 0.25) is 0 Å². The summed E-state index contributed by atoms with van der Waals surface area (Å²) in [5.41, 5.74) is 2.83. The molecule has 0 aliphatic carbocycles. The van der Waals surface area contributed by atoms with Gasteiger partial charge in [-0.2, -0.15) is 5.10 Å². The van der Waals surface area contributed by atoms with E-state index in [2.05, 4.69) is 32.8 Å². The largest absolute Gasteiger partial charge is 0.482 e. The van der Waals surface area contributed by atoms with Crippen molar-refractivity contribution in [2.45, 2.75) is 19.4 Å². The topological polar surface area (TPSA) is 75.2 Å². The number of H-pyrrole nitrogens is 1. The number of hydrogen-bond donors (Lipinski definition) is 2. The summed E-state index contributed by atoms with van der Waals surface area (Å²) in [5.74, 6) is -0.401. The Morgan fingerprint density at radius 2 is 1.96 bits per heavy atom. The van der Waals surface area contributed by atoms with Crippen molar-refractivity contribution in [2.24, 2.45) is 0 Å². The molecule has 7 heteroatoms. The summed E-state index contributed by atoms with van der Waals surface area (Å²) in [5, 5.41) is 17.0. The van der Waals surface area contributed by atoms with Crippen LogP contribution in [0.2, 0.25) is 5.02 Å². The molecule has 4 rings (SSSR count). The summed E-state index contributed by atoms with van der Waals surface area (Å²) in [6.45, 7) is 3.68. The number of benzene rings is 2. The molecule has 0 amide bonds. The number of carbonyl (C=O) groups is 1. The number of aromatic amines is 1. The first-order valence-electron chi connectivity index (χ1n) is 7.90. The fourth-order valence-corrected chi connectivity index (χ4v) is 4.30. The number of nitrogens with one attached hydrogen (secondary N) is 1. The zero-order chi connectivity index (χ0) is 18.6. The average Bonchev–Trinajstić information content (AvgIpc) is 3.02. The minimum atomic E-state index is -1.06. The summed E-state index contributed by atoms with van der Waals surface area (Å²) < 4.78 is 7.32. The van der Waals surface area contributed by atoms with E-state index in [1.807, 2.05) is 50.2 Å². The van der Waals surface area contributed by atoms with Gasteiger partial charge in [-0.3, -0.25) is 5.10 Å². The van der Waals surface area contributed by atoms with E-state index in [-0.39, 0.29) is 5.69 Å². The molecule has 1 aliphatic rings. The van der Waals surface area contributed by atoms with Gasteiger partial charge in [-0.15, -0.1) is 0 Å². The van der Waals surface area contributed by atoms with Gasteiger partial charge in [0.05, 0.1) is 5.56 Å². The highest BCUT2D eigenvalue weighted by Gasteiger charge is 2.40. The minimum Gasteiger partial charge on any atom is -0.482 e. The van der Waals surface area contributed by atoms with E-state index in [1.54, 1.807) is 0 Å². The monoisotopic (exact) mass is 480 g/mol. The number of carboxylic acid groups (broad SMARTS) is 1. The standard InChI is InChI=1S/C19H14ClIN2O3/c1-19(2)14-15(22-23-16(14)18(24)25)10-7-8-12(21)13(17(10)26-19)9-5-3-4-6-11(9)20/h3-8H,1-2H3,(H,22,23)(H,24,25). The van der Waals surface area contributed by atoms with Crippen LogP contribution in [-0.2, 0) is 5.60 Å². The van der Waals surface area contributed by atoms with E-state index in [0.717, 1.165) is 20.3 Å². The Bertz CT molecular complexity index is 1060. The second-order valence-electron chi connectivity index (χ2n) is 6.52. The fourth-order valence-electron chi connectivity index (χ4n) is 3.35. The minimum absolute atomic E-state index is 0.0495. The average molecular weight is 481 g/mol. The van der Waals surface area contributed by atoms with Gasteiger partial charge in [0.15, 0.2) is 5.69 Å². The molecule has 0 saturated carbocycles. The van der Waals surface area contributed by atoms with Crippen molar-refractivity contribution in [1.82, 2.24) is 10.2 Å². The third-order valence-electron chi connectivity index (χ3n) is 4.44. The zero-order valence-electron chi connectivity index (χ0n) is 13.9. The Hall–Kier alpha value is -2.06. The van der Waals surface area contributed by atoms with E-state index in [1.165, 1.54) is 0 Å². The molecular formula is C19H14ClIN2O3. The molecule has 0 fully saturated rings. The Morgan fingerprint density at radius 3 is 2.65 bits per heavy atom. The van der Waals surface area contributed by atoms with Crippen molar-refractivity contribution in [2.75, 3.05) is 0 Å². The smallest absolute Gasteiger partial charge is 0.354 e. The van der Waals surface area contributed by atoms with Gasteiger partial charge in [-0.1, -0.05) is 29.8 Å². The molecule has 1 aliphatic heterocycles. The second kappa shape index (κ2) is 5.99. The molecule has 132 valence electrons. The van der Waals surface area contributed by atoms with Crippen LogP contribution in [0.3, 0.4) is 0 Å². The van der Waals surface area contributed by atoms with Gasteiger partial charge in [0.1, 0.15) is 17.0 Å². The Kier molecular flexibility index (Phi) is 4.00. The number of fused-ring (bicyclic) bond motifs is 3. The van der Waals surface area contributed by atoms with Crippen LogP contribution in [0.25, 0.3) is 22.4 Å². The maximum Gasteiger partial charge on any atom is 0.354 e.